The van der Waals surface area contributed by atoms with Gasteiger partial charge in [0.1, 0.15) is 40.7 Å². The standard InChI is InChI=1S/C28H35N5O7/c1-7-20(37-6)23(29-8-2)21(40-19-9-12-38-13-10-19)15-18-16-32(28(4,5)26(34)35)27(36)33-17(3)22(31-24(18)33)25-30-11-14-39-25/h7-8,11,14,16,19,21H,1,9-10,12-13,15H2,2-6H3,(H,34,35)/b23-20+,29-8-/t21-/m0/s1. The number of rotatable bonds is 11. The highest BCUT2D eigenvalue weighted by Gasteiger charge is 2.34. The summed E-state index contributed by atoms with van der Waals surface area (Å²) in [5.74, 6) is -0.481. The molecule has 12 heteroatoms. The van der Waals surface area contributed by atoms with Gasteiger partial charge < -0.3 is 23.7 Å². The maximum atomic E-state index is 13.7. The molecule has 4 rings (SSSR count). The fourth-order valence-electron chi connectivity index (χ4n) is 4.71. The smallest absolute Gasteiger partial charge is 0.335 e. The Kier molecular flexibility index (Phi) is 8.70. The monoisotopic (exact) mass is 553 g/mol. The Hall–Kier alpha value is -4.03. The van der Waals surface area contributed by atoms with E-state index in [1.165, 1.54) is 48.6 Å². The summed E-state index contributed by atoms with van der Waals surface area (Å²) >= 11 is 0. The lowest BCUT2D eigenvalue weighted by Crippen LogP contribution is -2.45. The fraction of sp³-hybridized carbons (Fsp3) is 0.464. The zero-order valence-corrected chi connectivity index (χ0v) is 23.4. The van der Waals surface area contributed by atoms with Gasteiger partial charge in [0.2, 0.25) is 5.89 Å². The maximum absolute atomic E-state index is 13.7. The Labute approximate surface area is 231 Å². The zero-order valence-electron chi connectivity index (χ0n) is 23.4. The van der Waals surface area contributed by atoms with Crippen LogP contribution in [0, 0.1) is 6.92 Å². The van der Waals surface area contributed by atoms with Crippen molar-refractivity contribution < 1.29 is 28.5 Å². The summed E-state index contributed by atoms with van der Waals surface area (Å²) in [6, 6.07) is 0. The molecule has 12 nitrogen and oxygen atoms in total. The van der Waals surface area contributed by atoms with Gasteiger partial charge in [-0.15, -0.1) is 0 Å². The van der Waals surface area contributed by atoms with Gasteiger partial charge in [-0.1, -0.05) is 6.58 Å². The van der Waals surface area contributed by atoms with Crippen molar-refractivity contribution in [2.45, 2.75) is 64.7 Å². The fourth-order valence-corrected chi connectivity index (χ4v) is 4.71. The lowest BCUT2D eigenvalue weighted by atomic mass is 10.0. The molecule has 0 aliphatic carbocycles. The molecule has 0 aromatic carbocycles. The Bertz CT molecular complexity index is 1490. The molecule has 1 saturated heterocycles. The molecule has 0 radical (unpaired) electrons. The van der Waals surface area contributed by atoms with Gasteiger partial charge in [0.25, 0.3) is 0 Å². The van der Waals surface area contributed by atoms with Crippen LogP contribution in [-0.2, 0) is 31.0 Å². The topological polar surface area (TPSA) is 143 Å². The number of aromatic nitrogens is 4. The van der Waals surface area contributed by atoms with E-state index in [0.29, 0.717) is 60.1 Å². The third-order valence-electron chi connectivity index (χ3n) is 7.00. The van der Waals surface area contributed by atoms with Gasteiger partial charge in [0, 0.05) is 37.6 Å². The molecule has 0 saturated carbocycles. The van der Waals surface area contributed by atoms with Crippen LogP contribution in [0.5, 0.6) is 0 Å². The van der Waals surface area contributed by atoms with E-state index in [2.05, 4.69) is 16.6 Å². The third-order valence-corrected chi connectivity index (χ3v) is 7.00. The van der Waals surface area contributed by atoms with Crippen LogP contribution in [0.4, 0.5) is 0 Å². The van der Waals surface area contributed by atoms with E-state index in [1.807, 2.05) is 0 Å². The number of fused-ring (bicyclic) bond motifs is 1. The second-order valence-electron chi connectivity index (χ2n) is 9.90. The summed E-state index contributed by atoms with van der Waals surface area (Å²) in [6.07, 6.45) is 8.51. The van der Waals surface area contributed by atoms with E-state index in [1.54, 1.807) is 26.1 Å². The van der Waals surface area contributed by atoms with Crippen LogP contribution in [0.1, 0.15) is 44.9 Å². The van der Waals surface area contributed by atoms with Gasteiger partial charge in [-0.3, -0.25) is 9.56 Å². The highest BCUT2D eigenvalue weighted by Crippen LogP contribution is 2.29. The minimum absolute atomic E-state index is 0.106. The predicted octanol–water partition coefficient (Wildman–Crippen LogP) is 3.52. The molecule has 1 aliphatic rings. The molecule has 3 aromatic heterocycles. The number of aryl methyl sites for hydroxylation is 1. The molecule has 4 heterocycles. The first-order valence-electron chi connectivity index (χ1n) is 13.0. The van der Waals surface area contributed by atoms with Crippen LogP contribution in [0.3, 0.4) is 0 Å². The molecule has 0 bridgehead atoms. The number of imidazole rings is 1. The number of oxazole rings is 1. The highest BCUT2D eigenvalue weighted by atomic mass is 16.5. The van der Waals surface area contributed by atoms with E-state index in [9.17, 15) is 14.7 Å². The number of allylic oxidation sites excluding steroid dienone is 1. The van der Waals surface area contributed by atoms with Crippen molar-refractivity contribution in [2.24, 2.45) is 4.99 Å². The highest BCUT2D eigenvalue weighted by molar-refractivity contribution is 5.76. The largest absolute Gasteiger partial charge is 0.495 e. The molecule has 214 valence electrons. The molecular formula is C28H35N5O7. The van der Waals surface area contributed by atoms with Crippen molar-refractivity contribution in [2.75, 3.05) is 20.3 Å². The van der Waals surface area contributed by atoms with Crippen LogP contribution >= 0.6 is 0 Å². The number of ether oxygens (including phenoxy) is 3. The average Bonchev–Trinajstić information content (AvgIpc) is 3.58. The van der Waals surface area contributed by atoms with Crippen LogP contribution in [0.25, 0.3) is 17.2 Å². The number of carboxylic acids is 1. The predicted molar refractivity (Wildman–Crippen MR) is 147 cm³/mol. The quantitative estimate of drug-likeness (QED) is 0.214. The van der Waals surface area contributed by atoms with E-state index in [0.717, 1.165) is 0 Å². The first-order chi connectivity index (χ1) is 19.1. The van der Waals surface area contributed by atoms with Crippen LogP contribution in [0.15, 0.2) is 57.0 Å². The second-order valence-corrected chi connectivity index (χ2v) is 9.90. The molecule has 0 unspecified atom stereocenters. The minimum atomic E-state index is -1.56. The van der Waals surface area contributed by atoms with Crippen molar-refractivity contribution in [3.8, 4) is 11.6 Å². The lowest BCUT2D eigenvalue weighted by molar-refractivity contribution is -0.145. The first-order valence-corrected chi connectivity index (χ1v) is 13.0. The summed E-state index contributed by atoms with van der Waals surface area (Å²) in [6.45, 7) is 11.5. The lowest BCUT2D eigenvalue weighted by Gasteiger charge is -2.29. The van der Waals surface area contributed by atoms with Crippen LogP contribution in [-0.4, -0.2) is 68.8 Å². The Morgan fingerprint density at radius 2 is 2.10 bits per heavy atom. The average molecular weight is 554 g/mol. The van der Waals surface area contributed by atoms with E-state index in [-0.39, 0.29) is 18.4 Å². The van der Waals surface area contributed by atoms with E-state index in [4.69, 9.17) is 23.6 Å². The van der Waals surface area contributed by atoms with Gasteiger partial charge in [0.05, 0.1) is 25.1 Å². The summed E-state index contributed by atoms with van der Waals surface area (Å²) in [5.41, 5.74) is 0.143. The first kappa shape index (κ1) is 29.0. The number of hydrogen-bond acceptors (Lipinski definition) is 9. The molecule has 1 atom stereocenters. The molecule has 1 aliphatic heterocycles. The summed E-state index contributed by atoms with van der Waals surface area (Å²) in [4.78, 5) is 39.5. The number of carboxylic acid groups (broad SMARTS) is 1. The van der Waals surface area contributed by atoms with Crippen molar-refractivity contribution in [3.63, 3.8) is 0 Å². The van der Waals surface area contributed by atoms with Gasteiger partial charge in [-0.25, -0.2) is 24.0 Å². The number of hydrogen-bond donors (Lipinski definition) is 1. The Balaban J connectivity index is 1.97. The molecule has 1 N–H and O–H groups in total. The number of aliphatic imine (C=N–C) groups is 1. The molecule has 3 aromatic rings. The van der Waals surface area contributed by atoms with Gasteiger partial charge in [-0.05, 0) is 46.6 Å². The molecule has 0 amide bonds. The SMILES string of the molecule is C=C/C(OC)=C(\N=C/C)[C@H](Cc1cn(C(C)(C)C(=O)O)c(=O)n2c(C)c(-c3ncco3)nc12)OC1CCOCC1. The van der Waals surface area contributed by atoms with E-state index >= 15 is 0 Å². The Morgan fingerprint density at radius 1 is 1.38 bits per heavy atom. The number of carbonyl (C=O) groups is 1. The second kappa shape index (κ2) is 12.0. The number of methoxy groups -OCH3 is 1. The normalized spacial score (nSPS) is 16.3. The van der Waals surface area contributed by atoms with E-state index < -0.39 is 23.3 Å². The number of nitrogens with zero attached hydrogens (tertiary/aromatic N) is 5. The summed E-state index contributed by atoms with van der Waals surface area (Å²) < 4.78 is 25.8. The Morgan fingerprint density at radius 3 is 2.67 bits per heavy atom. The van der Waals surface area contributed by atoms with Gasteiger partial charge >= 0.3 is 11.7 Å². The maximum Gasteiger partial charge on any atom is 0.335 e. The van der Waals surface area contributed by atoms with Gasteiger partial charge in [-0.2, -0.15) is 0 Å². The van der Waals surface area contributed by atoms with Crippen molar-refractivity contribution >= 4 is 17.8 Å². The van der Waals surface area contributed by atoms with Crippen LogP contribution < -0.4 is 5.69 Å². The van der Waals surface area contributed by atoms with Crippen molar-refractivity contribution in [1.29, 1.82) is 0 Å². The van der Waals surface area contributed by atoms with Crippen molar-refractivity contribution in [1.82, 2.24) is 18.9 Å². The van der Waals surface area contributed by atoms with Crippen LogP contribution in [0.2, 0.25) is 0 Å². The molecule has 0 spiro atoms. The van der Waals surface area contributed by atoms with Crippen molar-refractivity contribution in [3.05, 3.63) is 64.5 Å². The van der Waals surface area contributed by atoms with Gasteiger partial charge in [0.15, 0.2) is 0 Å². The third kappa shape index (κ3) is 5.50. The molecule has 40 heavy (non-hydrogen) atoms. The minimum Gasteiger partial charge on any atom is -0.495 e. The summed E-state index contributed by atoms with van der Waals surface area (Å²) in [5, 5.41) is 10.00. The number of aliphatic carboxylic acids is 1. The molecular weight excluding hydrogens is 518 g/mol. The summed E-state index contributed by atoms with van der Waals surface area (Å²) in [7, 11) is 1.53. The molecule has 1 fully saturated rings. The zero-order chi connectivity index (χ0) is 29.0.